The van der Waals surface area contributed by atoms with Gasteiger partial charge in [0.25, 0.3) is 0 Å². The number of aromatic nitrogens is 2. The Bertz CT molecular complexity index is 922. The lowest BCUT2D eigenvalue weighted by Crippen LogP contribution is -2.38. The monoisotopic (exact) mass is 417 g/mol. The number of ketones is 1. The second-order valence-corrected chi connectivity index (χ2v) is 9.89. The standard InChI is InChI=1S/C22H31N3O3S/c1-3-21(26)19-11-8-13-24(16-19)17-20-15-23-22(29(27,28)4-2)25(20)14-12-18-9-6-5-7-10-18/h5-7,9-10,15,19H,3-4,8,11-14,16-17H2,1-2H3/t19-/m1/s1. The maximum atomic E-state index is 12.6. The summed E-state index contributed by atoms with van der Waals surface area (Å²) in [5.41, 5.74) is 2.07. The molecule has 1 aromatic heterocycles. The summed E-state index contributed by atoms with van der Waals surface area (Å²) in [6.45, 7) is 6.42. The maximum Gasteiger partial charge on any atom is 0.227 e. The molecule has 0 amide bonds. The fourth-order valence-electron chi connectivity index (χ4n) is 4.00. The Balaban J connectivity index is 1.81. The van der Waals surface area contributed by atoms with Gasteiger partial charge in [-0.2, -0.15) is 0 Å². The van der Waals surface area contributed by atoms with E-state index in [9.17, 15) is 13.2 Å². The lowest BCUT2D eigenvalue weighted by Gasteiger charge is -2.32. The predicted octanol–water partition coefficient (Wildman–Crippen LogP) is 3.11. The summed E-state index contributed by atoms with van der Waals surface area (Å²) in [4.78, 5) is 18.7. The fraction of sp³-hybridized carbons (Fsp3) is 0.545. The van der Waals surface area contributed by atoms with Crippen LogP contribution in [-0.2, 0) is 34.1 Å². The lowest BCUT2D eigenvalue weighted by atomic mass is 9.92. The predicted molar refractivity (Wildman–Crippen MR) is 113 cm³/mol. The topological polar surface area (TPSA) is 72.3 Å². The number of likely N-dealkylation sites (tertiary alicyclic amines) is 1. The van der Waals surface area contributed by atoms with Gasteiger partial charge in [-0.15, -0.1) is 0 Å². The molecule has 0 saturated carbocycles. The van der Waals surface area contributed by atoms with Crippen molar-refractivity contribution in [3.8, 4) is 0 Å². The normalized spacial score (nSPS) is 18.1. The van der Waals surface area contributed by atoms with Crippen molar-refractivity contribution in [2.24, 2.45) is 5.92 Å². The Kier molecular flexibility index (Phi) is 7.24. The number of piperidine rings is 1. The summed E-state index contributed by atoms with van der Waals surface area (Å²) in [5, 5.41) is 0.157. The highest BCUT2D eigenvalue weighted by atomic mass is 32.2. The molecule has 3 rings (SSSR count). The number of aryl methyl sites for hydroxylation is 1. The third-order valence-corrected chi connectivity index (χ3v) is 7.36. The highest BCUT2D eigenvalue weighted by Gasteiger charge is 2.27. The van der Waals surface area contributed by atoms with Crippen molar-refractivity contribution >= 4 is 15.6 Å². The van der Waals surface area contributed by atoms with Gasteiger partial charge in [0.2, 0.25) is 15.0 Å². The lowest BCUT2D eigenvalue weighted by molar-refractivity contribution is -0.124. The molecule has 7 heteroatoms. The third kappa shape index (κ3) is 5.34. The van der Waals surface area contributed by atoms with Gasteiger partial charge < -0.3 is 4.57 Å². The SMILES string of the molecule is CCC(=O)[C@@H]1CCCN(Cc2cnc(S(=O)(=O)CC)n2CCc2ccccc2)C1. The van der Waals surface area contributed by atoms with E-state index >= 15 is 0 Å². The van der Waals surface area contributed by atoms with Gasteiger partial charge in [-0.25, -0.2) is 13.4 Å². The Labute approximate surface area is 173 Å². The molecule has 1 atom stereocenters. The van der Waals surface area contributed by atoms with E-state index in [4.69, 9.17) is 0 Å². The number of sulfone groups is 1. The highest BCUT2D eigenvalue weighted by molar-refractivity contribution is 7.91. The van der Waals surface area contributed by atoms with E-state index in [1.807, 2.05) is 29.7 Å². The van der Waals surface area contributed by atoms with Crippen LogP contribution in [0, 0.1) is 5.92 Å². The summed E-state index contributed by atoms with van der Waals surface area (Å²) >= 11 is 0. The van der Waals surface area contributed by atoms with Crippen molar-refractivity contribution in [3.05, 3.63) is 47.8 Å². The molecule has 1 saturated heterocycles. The molecule has 158 valence electrons. The van der Waals surface area contributed by atoms with Crippen LogP contribution in [0.25, 0.3) is 0 Å². The molecule has 1 aliphatic rings. The van der Waals surface area contributed by atoms with Crippen LogP contribution < -0.4 is 0 Å². The molecule has 0 N–H and O–H groups in total. The van der Waals surface area contributed by atoms with Gasteiger partial charge in [0, 0.05) is 32.0 Å². The average Bonchev–Trinajstić information content (AvgIpc) is 3.15. The minimum absolute atomic E-state index is 0.0333. The van der Waals surface area contributed by atoms with E-state index in [0.29, 0.717) is 25.3 Å². The Morgan fingerprint density at radius 2 is 1.97 bits per heavy atom. The van der Waals surface area contributed by atoms with Crippen LogP contribution in [0.3, 0.4) is 0 Å². The number of imidazole rings is 1. The van der Waals surface area contributed by atoms with Gasteiger partial charge in [-0.05, 0) is 31.4 Å². The van der Waals surface area contributed by atoms with Crippen LogP contribution in [-0.4, -0.2) is 47.5 Å². The number of nitrogens with zero attached hydrogens (tertiary/aromatic N) is 3. The van der Waals surface area contributed by atoms with Crippen molar-refractivity contribution in [2.45, 2.75) is 57.8 Å². The van der Waals surface area contributed by atoms with E-state index in [1.54, 1.807) is 13.1 Å². The van der Waals surface area contributed by atoms with Crippen LogP contribution in [0.15, 0.2) is 41.7 Å². The summed E-state index contributed by atoms with van der Waals surface area (Å²) < 4.78 is 27.0. The minimum Gasteiger partial charge on any atom is -0.317 e. The molecule has 1 fully saturated rings. The zero-order valence-electron chi connectivity index (χ0n) is 17.4. The van der Waals surface area contributed by atoms with Crippen molar-refractivity contribution in [1.82, 2.24) is 14.5 Å². The van der Waals surface area contributed by atoms with Gasteiger partial charge in [-0.1, -0.05) is 44.2 Å². The average molecular weight is 418 g/mol. The van der Waals surface area contributed by atoms with Gasteiger partial charge >= 0.3 is 0 Å². The molecule has 1 aromatic carbocycles. The zero-order chi connectivity index (χ0) is 20.9. The first kappa shape index (κ1) is 21.7. The van der Waals surface area contributed by atoms with E-state index in [2.05, 4.69) is 22.0 Å². The Hall–Kier alpha value is -1.99. The molecule has 29 heavy (non-hydrogen) atoms. The summed E-state index contributed by atoms with van der Waals surface area (Å²) in [7, 11) is -3.40. The number of hydrogen-bond acceptors (Lipinski definition) is 5. The number of benzene rings is 1. The van der Waals surface area contributed by atoms with Crippen LogP contribution in [0.4, 0.5) is 0 Å². The van der Waals surface area contributed by atoms with E-state index < -0.39 is 9.84 Å². The number of rotatable bonds is 9. The number of Topliss-reactive ketones (excluding diaryl/α,β-unsaturated/α-hetero) is 1. The molecule has 0 spiro atoms. The van der Waals surface area contributed by atoms with Crippen molar-refractivity contribution in [3.63, 3.8) is 0 Å². The van der Waals surface area contributed by atoms with Crippen LogP contribution in [0.5, 0.6) is 0 Å². The molecule has 0 bridgehead atoms. The van der Waals surface area contributed by atoms with E-state index in [1.165, 1.54) is 5.56 Å². The first-order chi connectivity index (χ1) is 13.9. The van der Waals surface area contributed by atoms with Gasteiger partial charge in [0.15, 0.2) is 0 Å². The Morgan fingerprint density at radius 3 is 2.66 bits per heavy atom. The van der Waals surface area contributed by atoms with Crippen molar-refractivity contribution in [1.29, 1.82) is 0 Å². The summed E-state index contributed by atoms with van der Waals surface area (Å²) in [6.07, 6.45) is 4.96. The molecule has 2 aromatic rings. The molecule has 0 radical (unpaired) electrons. The highest BCUT2D eigenvalue weighted by Crippen LogP contribution is 2.22. The maximum absolute atomic E-state index is 12.6. The summed E-state index contributed by atoms with van der Waals surface area (Å²) in [5.74, 6) is 0.445. The molecule has 6 nitrogen and oxygen atoms in total. The number of carbonyl (C=O) groups is 1. The van der Waals surface area contributed by atoms with Crippen LogP contribution >= 0.6 is 0 Å². The zero-order valence-corrected chi connectivity index (χ0v) is 18.2. The largest absolute Gasteiger partial charge is 0.317 e. The molecule has 0 aliphatic carbocycles. The van der Waals surface area contributed by atoms with Gasteiger partial charge in [0.1, 0.15) is 5.78 Å². The van der Waals surface area contributed by atoms with Gasteiger partial charge in [0.05, 0.1) is 17.6 Å². The number of hydrogen-bond donors (Lipinski definition) is 0. The third-order valence-electron chi connectivity index (χ3n) is 5.72. The van der Waals surface area contributed by atoms with Crippen molar-refractivity contribution < 1.29 is 13.2 Å². The molecule has 2 heterocycles. The smallest absolute Gasteiger partial charge is 0.227 e. The summed E-state index contributed by atoms with van der Waals surface area (Å²) in [6, 6.07) is 10.1. The van der Waals surface area contributed by atoms with Crippen molar-refractivity contribution in [2.75, 3.05) is 18.8 Å². The molecule has 0 unspecified atom stereocenters. The van der Waals surface area contributed by atoms with Gasteiger partial charge in [-0.3, -0.25) is 9.69 Å². The fourth-order valence-corrected chi connectivity index (χ4v) is 5.02. The van der Waals surface area contributed by atoms with Crippen LogP contribution in [0.1, 0.15) is 44.4 Å². The van der Waals surface area contributed by atoms with E-state index in [0.717, 1.165) is 38.0 Å². The quantitative estimate of drug-likeness (QED) is 0.627. The molecular formula is C22H31N3O3S. The molecule has 1 aliphatic heterocycles. The first-order valence-electron chi connectivity index (χ1n) is 10.5. The first-order valence-corrected chi connectivity index (χ1v) is 12.2. The Morgan fingerprint density at radius 1 is 1.21 bits per heavy atom. The van der Waals surface area contributed by atoms with Crippen LogP contribution in [0.2, 0.25) is 0 Å². The number of carbonyl (C=O) groups excluding carboxylic acids is 1. The van der Waals surface area contributed by atoms with E-state index in [-0.39, 0.29) is 16.8 Å². The molecular weight excluding hydrogens is 386 g/mol. The second-order valence-electron chi connectivity index (χ2n) is 7.72. The second kappa shape index (κ2) is 9.67. The minimum atomic E-state index is -3.40.